The predicted molar refractivity (Wildman–Crippen MR) is 64.8 cm³/mol. The third kappa shape index (κ3) is 2.62. The van der Waals surface area contributed by atoms with Crippen molar-refractivity contribution < 1.29 is 9.90 Å². The van der Waals surface area contributed by atoms with Gasteiger partial charge in [-0.3, -0.25) is 4.79 Å². The smallest absolute Gasteiger partial charge is 0.223 e. The van der Waals surface area contributed by atoms with Crippen LogP contribution in [0.2, 0.25) is 0 Å². The lowest BCUT2D eigenvalue weighted by Gasteiger charge is -2.16. The van der Waals surface area contributed by atoms with Gasteiger partial charge in [0.1, 0.15) is 0 Å². The van der Waals surface area contributed by atoms with Gasteiger partial charge in [0, 0.05) is 36.5 Å². The van der Waals surface area contributed by atoms with Gasteiger partial charge >= 0.3 is 0 Å². The van der Waals surface area contributed by atoms with Gasteiger partial charge in [-0.05, 0) is 17.7 Å². The van der Waals surface area contributed by atoms with Crippen molar-refractivity contribution in [3.05, 3.63) is 34.3 Å². The highest BCUT2D eigenvalue weighted by Crippen LogP contribution is 2.20. The molecule has 0 aliphatic carbocycles. The molecule has 4 heteroatoms. The highest BCUT2D eigenvalue weighted by atomic mass is 79.9. The van der Waals surface area contributed by atoms with Crippen LogP contribution in [-0.4, -0.2) is 29.1 Å². The Labute approximate surface area is 103 Å². The Morgan fingerprint density at radius 2 is 2.31 bits per heavy atom. The van der Waals surface area contributed by atoms with E-state index in [0.29, 0.717) is 19.5 Å². The number of rotatable bonds is 3. The van der Waals surface area contributed by atoms with Crippen molar-refractivity contribution in [3.63, 3.8) is 0 Å². The number of likely N-dealkylation sites (tertiary alicyclic amines) is 1. The van der Waals surface area contributed by atoms with Crippen molar-refractivity contribution in [3.8, 4) is 0 Å². The molecule has 1 amide bonds. The van der Waals surface area contributed by atoms with Crippen LogP contribution in [0.4, 0.5) is 0 Å². The summed E-state index contributed by atoms with van der Waals surface area (Å²) >= 11 is 3.41. The highest BCUT2D eigenvalue weighted by molar-refractivity contribution is 9.10. The zero-order chi connectivity index (χ0) is 11.5. The van der Waals surface area contributed by atoms with E-state index >= 15 is 0 Å². The summed E-state index contributed by atoms with van der Waals surface area (Å²) < 4.78 is 1.02. The van der Waals surface area contributed by atoms with Gasteiger partial charge in [-0.15, -0.1) is 0 Å². The molecular formula is C12H14BrNO2. The highest BCUT2D eigenvalue weighted by Gasteiger charge is 2.28. The Morgan fingerprint density at radius 1 is 1.50 bits per heavy atom. The first-order chi connectivity index (χ1) is 7.69. The van der Waals surface area contributed by atoms with Gasteiger partial charge < -0.3 is 10.0 Å². The van der Waals surface area contributed by atoms with Gasteiger partial charge in [0.05, 0.1) is 0 Å². The van der Waals surface area contributed by atoms with Gasteiger partial charge in [-0.25, -0.2) is 0 Å². The third-order valence-corrected chi connectivity index (χ3v) is 3.31. The van der Waals surface area contributed by atoms with Crippen molar-refractivity contribution in [1.29, 1.82) is 0 Å². The predicted octanol–water partition coefficient (Wildman–Crippen LogP) is 1.79. The SMILES string of the molecule is O=C1CC(CO)CN1Cc1cccc(Br)c1. The molecule has 0 spiro atoms. The number of carbonyl (C=O) groups excluding carboxylic acids is 1. The topological polar surface area (TPSA) is 40.5 Å². The fraction of sp³-hybridized carbons (Fsp3) is 0.417. The Bertz CT molecular complexity index is 394. The Kier molecular flexibility index (Phi) is 3.61. The quantitative estimate of drug-likeness (QED) is 0.919. The minimum atomic E-state index is 0.0979. The number of carbonyl (C=O) groups is 1. The third-order valence-electron chi connectivity index (χ3n) is 2.82. The maximum atomic E-state index is 11.6. The largest absolute Gasteiger partial charge is 0.396 e. The zero-order valence-corrected chi connectivity index (χ0v) is 10.5. The number of amides is 1. The Balaban J connectivity index is 2.03. The van der Waals surface area contributed by atoms with Crippen LogP contribution >= 0.6 is 15.9 Å². The average molecular weight is 284 g/mol. The average Bonchev–Trinajstić information content (AvgIpc) is 2.60. The minimum absolute atomic E-state index is 0.0979. The van der Waals surface area contributed by atoms with Gasteiger partial charge in [-0.2, -0.15) is 0 Å². The van der Waals surface area contributed by atoms with E-state index in [-0.39, 0.29) is 18.4 Å². The van der Waals surface area contributed by atoms with Crippen LogP contribution in [0, 0.1) is 5.92 Å². The van der Waals surface area contributed by atoms with Crippen molar-refractivity contribution >= 4 is 21.8 Å². The lowest BCUT2D eigenvalue weighted by atomic mass is 10.1. The van der Waals surface area contributed by atoms with Crippen LogP contribution in [0.15, 0.2) is 28.7 Å². The van der Waals surface area contributed by atoms with Gasteiger partial charge in [0.15, 0.2) is 0 Å². The van der Waals surface area contributed by atoms with Crippen molar-refractivity contribution in [2.24, 2.45) is 5.92 Å². The molecule has 86 valence electrons. The molecule has 16 heavy (non-hydrogen) atoms. The fourth-order valence-electron chi connectivity index (χ4n) is 1.98. The molecule has 2 rings (SSSR count). The van der Waals surface area contributed by atoms with Crippen LogP contribution in [0.5, 0.6) is 0 Å². The van der Waals surface area contributed by atoms with E-state index in [4.69, 9.17) is 5.11 Å². The summed E-state index contributed by atoms with van der Waals surface area (Å²) in [6, 6.07) is 7.94. The summed E-state index contributed by atoms with van der Waals surface area (Å²) in [7, 11) is 0. The minimum Gasteiger partial charge on any atom is -0.396 e. The molecule has 0 radical (unpaired) electrons. The van der Waals surface area contributed by atoms with Crippen LogP contribution in [0.25, 0.3) is 0 Å². The summed E-state index contributed by atoms with van der Waals surface area (Å²) in [6.45, 7) is 1.40. The molecule has 1 fully saturated rings. The molecule has 1 aliphatic rings. The molecule has 1 N–H and O–H groups in total. The number of aliphatic hydroxyl groups excluding tert-OH is 1. The molecular weight excluding hydrogens is 270 g/mol. The van der Waals surface area contributed by atoms with Crippen LogP contribution < -0.4 is 0 Å². The Hall–Kier alpha value is -0.870. The maximum Gasteiger partial charge on any atom is 0.223 e. The first-order valence-corrected chi connectivity index (χ1v) is 6.11. The van der Waals surface area contributed by atoms with Gasteiger partial charge in [0.25, 0.3) is 0 Å². The lowest BCUT2D eigenvalue weighted by Crippen LogP contribution is -2.24. The summed E-state index contributed by atoms with van der Waals surface area (Å²) in [4.78, 5) is 13.4. The van der Waals surface area contributed by atoms with E-state index in [9.17, 15) is 4.79 Å². The van der Waals surface area contributed by atoms with Crippen molar-refractivity contribution in [2.45, 2.75) is 13.0 Å². The van der Waals surface area contributed by atoms with E-state index in [1.165, 1.54) is 0 Å². The summed E-state index contributed by atoms with van der Waals surface area (Å²) in [6.07, 6.45) is 0.477. The summed E-state index contributed by atoms with van der Waals surface area (Å²) in [5.41, 5.74) is 1.11. The monoisotopic (exact) mass is 283 g/mol. The number of hydrogen-bond donors (Lipinski definition) is 1. The van der Waals surface area contributed by atoms with E-state index in [1.807, 2.05) is 29.2 Å². The second-order valence-electron chi connectivity index (χ2n) is 4.16. The summed E-state index contributed by atoms with van der Waals surface area (Å²) in [5, 5.41) is 9.03. The van der Waals surface area contributed by atoms with Crippen LogP contribution in [0.1, 0.15) is 12.0 Å². The number of nitrogens with zero attached hydrogens (tertiary/aromatic N) is 1. The van der Waals surface area contributed by atoms with Crippen molar-refractivity contribution in [2.75, 3.05) is 13.2 Å². The fourth-order valence-corrected chi connectivity index (χ4v) is 2.43. The second-order valence-corrected chi connectivity index (χ2v) is 5.07. The van der Waals surface area contributed by atoms with E-state index < -0.39 is 0 Å². The number of hydrogen-bond acceptors (Lipinski definition) is 2. The molecule has 1 atom stereocenters. The first-order valence-electron chi connectivity index (χ1n) is 5.32. The lowest BCUT2D eigenvalue weighted by molar-refractivity contribution is -0.128. The van der Waals surface area contributed by atoms with Crippen LogP contribution in [-0.2, 0) is 11.3 Å². The van der Waals surface area contributed by atoms with Crippen LogP contribution in [0.3, 0.4) is 0 Å². The second kappa shape index (κ2) is 4.97. The standard InChI is InChI=1S/C12H14BrNO2/c13-11-3-1-2-9(4-11)6-14-7-10(8-15)5-12(14)16/h1-4,10,15H,5-8H2. The van der Waals surface area contributed by atoms with Crippen molar-refractivity contribution in [1.82, 2.24) is 4.90 Å². The first kappa shape index (κ1) is 11.6. The summed E-state index contributed by atoms with van der Waals surface area (Å²) in [5.74, 6) is 0.249. The molecule has 1 aromatic carbocycles. The number of benzene rings is 1. The molecule has 0 bridgehead atoms. The normalized spacial score (nSPS) is 20.5. The number of halogens is 1. The molecule has 3 nitrogen and oxygen atoms in total. The molecule has 1 aromatic rings. The molecule has 1 unspecified atom stereocenters. The molecule has 1 heterocycles. The van der Waals surface area contributed by atoms with Gasteiger partial charge in [0.2, 0.25) is 5.91 Å². The van der Waals surface area contributed by atoms with E-state index in [2.05, 4.69) is 15.9 Å². The molecule has 1 saturated heterocycles. The Morgan fingerprint density at radius 3 is 2.94 bits per heavy atom. The maximum absolute atomic E-state index is 11.6. The molecule has 0 saturated carbocycles. The van der Waals surface area contributed by atoms with E-state index in [1.54, 1.807) is 0 Å². The van der Waals surface area contributed by atoms with E-state index in [0.717, 1.165) is 10.0 Å². The zero-order valence-electron chi connectivity index (χ0n) is 8.90. The molecule has 0 aromatic heterocycles. The molecule has 1 aliphatic heterocycles. The van der Waals surface area contributed by atoms with Gasteiger partial charge in [-0.1, -0.05) is 28.1 Å². The number of aliphatic hydroxyl groups is 1.